The summed E-state index contributed by atoms with van der Waals surface area (Å²) in [5.74, 6) is -0.194. The molecule has 0 bridgehead atoms. The summed E-state index contributed by atoms with van der Waals surface area (Å²) in [6, 6.07) is 0.0371. The van der Waals surface area contributed by atoms with Crippen molar-refractivity contribution < 1.29 is 13.2 Å². The van der Waals surface area contributed by atoms with Gasteiger partial charge in [0.2, 0.25) is 5.95 Å². The van der Waals surface area contributed by atoms with Crippen molar-refractivity contribution in [2.24, 2.45) is 0 Å². The molecule has 3 aromatic rings. The monoisotopic (exact) mass is 379 g/mol. The van der Waals surface area contributed by atoms with Crippen molar-refractivity contribution in [3.63, 3.8) is 0 Å². The van der Waals surface area contributed by atoms with Gasteiger partial charge in [0.25, 0.3) is 0 Å². The van der Waals surface area contributed by atoms with Crippen LogP contribution in [0, 0.1) is 0 Å². The first-order chi connectivity index (χ1) is 13.0. The molecule has 1 atom stereocenters. The van der Waals surface area contributed by atoms with Crippen LogP contribution < -0.4 is 10.6 Å². The van der Waals surface area contributed by atoms with E-state index in [1.807, 2.05) is 4.68 Å². The van der Waals surface area contributed by atoms with Crippen LogP contribution in [0.4, 0.5) is 30.6 Å². The van der Waals surface area contributed by atoms with Crippen molar-refractivity contribution >= 4 is 17.5 Å². The molecule has 0 amide bonds. The standard InChI is InChI=1S/C15H16F3N9/c1-2-19-13-10(15(16,17)18)6-20-14(25-13)24-11-7-23-26-8-9(5-12(11)26)27-21-3-4-22-27/h3-4,6-7,9H,2,5,8H2,1H3,(H2,19,20,24,25). The fourth-order valence-corrected chi connectivity index (χ4v) is 3.02. The van der Waals surface area contributed by atoms with Gasteiger partial charge in [-0.3, -0.25) is 4.68 Å². The first-order valence-corrected chi connectivity index (χ1v) is 8.31. The van der Waals surface area contributed by atoms with Gasteiger partial charge in [0, 0.05) is 19.2 Å². The average molecular weight is 379 g/mol. The van der Waals surface area contributed by atoms with E-state index < -0.39 is 11.7 Å². The minimum atomic E-state index is -4.53. The molecule has 0 saturated carbocycles. The molecule has 0 fully saturated rings. The molecule has 9 nitrogen and oxygen atoms in total. The second kappa shape index (κ2) is 6.52. The fraction of sp³-hybridized carbons (Fsp3) is 0.400. The van der Waals surface area contributed by atoms with Gasteiger partial charge >= 0.3 is 6.18 Å². The third-order valence-corrected chi connectivity index (χ3v) is 4.21. The number of halogens is 3. The Bertz CT molecular complexity index is 933. The minimum Gasteiger partial charge on any atom is -0.370 e. The zero-order valence-corrected chi connectivity index (χ0v) is 14.3. The van der Waals surface area contributed by atoms with Gasteiger partial charge in [0.05, 0.1) is 42.6 Å². The van der Waals surface area contributed by atoms with E-state index in [0.717, 1.165) is 11.9 Å². The van der Waals surface area contributed by atoms with Crippen molar-refractivity contribution in [2.75, 3.05) is 17.2 Å². The summed E-state index contributed by atoms with van der Waals surface area (Å²) in [6.07, 6.45) is 1.71. The Hall–Kier alpha value is -3.18. The third-order valence-electron chi connectivity index (χ3n) is 4.21. The van der Waals surface area contributed by atoms with E-state index in [1.165, 1.54) is 0 Å². The van der Waals surface area contributed by atoms with Crippen molar-refractivity contribution in [1.82, 2.24) is 34.7 Å². The highest BCUT2D eigenvalue weighted by atomic mass is 19.4. The maximum atomic E-state index is 13.1. The van der Waals surface area contributed by atoms with Crippen molar-refractivity contribution in [3.05, 3.63) is 36.0 Å². The first-order valence-electron chi connectivity index (χ1n) is 8.31. The number of nitrogens with one attached hydrogen (secondary N) is 2. The van der Waals surface area contributed by atoms with Crippen LogP contribution in [0.2, 0.25) is 0 Å². The Morgan fingerprint density at radius 2 is 1.96 bits per heavy atom. The Labute approximate surface area is 151 Å². The predicted molar refractivity (Wildman–Crippen MR) is 89.5 cm³/mol. The second-order valence-corrected chi connectivity index (χ2v) is 6.00. The minimum absolute atomic E-state index is 0.0371. The summed E-state index contributed by atoms with van der Waals surface area (Å²) >= 11 is 0. The number of aromatic nitrogens is 7. The Morgan fingerprint density at radius 3 is 2.67 bits per heavy atom. The van der Waals surface area contributed by atoms with E-state index in [0.29, 0.717) is 25.2 Å². The lowest BCUT2D eigenvalue weighted by Gasteiger charge is -2.14. The predicted octanol–water partition coefficient (Wildman–Crippen LogP) is 2.26. The van der Waals surface area contributed by atoms with Gasteiger partial charge < -0.3 is 10.6 Å². The second-order valence-electron chi connectivity index (χ2n) is 6.00. The lowest BCUT2D eigenvalue weighted by atomic mass is 10.2. The summed E-state index contributed by atoms with van der Waals surface area (Å²) in [7, 11) is 0. The molecular formula is C15H16F3N9. The highest BCUT2D eigenvalue weighted by molar-refractivity contribution is 5.59. The third kappa shape index (κ3) is 3.29. The molecule has 3 aromatic heterocycles. The maximum absolute atomic E-state index is 13.1. The van der Waals surface area contributed by atoms with Crippen molar-refractivity contribution in [1.29, 1.82) is 0 Å². The molecule has 4 rings (SSSR count). The van der Waals surface area contributed by atoms with Gasteiger partial charge in [-0.15, -0.1) is 0 Å². The van der Waals surface area contributed by atoms with Crippen LogP contribution in [0.1, 0.15) is 24.2 Å². The zero-order valence-electron chi connectivity index (χ0n) is 14.3. The topological polar surface area (TPSA) is 98.4 Å². The lowest BCUT2D eigenvalue weighted by Crippen LogP contribution is -2.14. The molecule has 0 aromatic carbocycles. The molecule has 4 heterocycles. The van der Waals surface area contributed by atoms with Gasteiger partial charge in [-0.25, -0.2) is 4.98 Å². The first kappa shape index (κ1) is 17.2. The van der Waals surface area contributed by atoms with Crippen LogP contribution in [0.5, 0.6) is 0 Å². The number of hydrogen-bond acceptors (Lipinski definition) is 7. The summed E-state index contributed by atoms with van der Waals surface area (Å²) in [5.41, 5.74) is 0.637. The van der Waals surface area contributed by atoms with E-state index in [4.69, 9.17) is 0 Å². The summed E-state index contributed by atoms with van der Waals surface area (Å²) in [4.78, 5) is 9.41. The average Bonchev–Trinajstić information content (AvgIpc) is 3.32. The molecule has 142 valence electrons. The Kier molecular flexibility index (Phi) is 4.16. The van der Waals surface area contributed by atoms with Gasteiger partial charge in [-0.2, -0.15) is 38.2 Å². The highest BCUT2D eigenvalue weighted by Crippen LogP contribution is 2.35. The summed E-state index contributed by atoms with van der Waals surface area (Å²) < 4.78 is 41.0. The molecule has 0 saturated heterocycles. The molecule has 1 aliphatic heterocycles. The molecule has 0 radical (unpaired) electrons. The normalized spacial score (nSPS) is 16.4. The Morgan fingerprint density at radius 1 is 1.19 bits per heavy atom. The van der Waals surface area contributed by atoms with Gasteiger partial charge in [-0.05, 0) is 6.92 Å². The van der Waals surface area contributed by atoms with Crippen LogP contribution >= 0.6 is 0 Å². The van der Waals surface area contributed by atoms with E-state index >= 15 is 0 Å². The smallest absolute Gasteiger partial charge is 0.370 e. The number of nitrogens with zero attached hydrogens (tertiary/aromatic N) is 7. The van der Waals surface area contributed by atoms with E-state index in [1.54, 1.807) is 30.3 Å². The molecule has 2 N–H and O–H groups in total. The molecule has 1 aliphatic rings. The molecule has 12 heteroatoms. The number of hydrogen-bond donors (Lipinski definition) is 2. The van der Waals surface area contributed by atoms with Gasteiger partial charge in [0.1, 0.15) is 11.4 Å². The van der Waals surface area contributed by atoms with Gasteiger partial charge in [-0.1, -0.05) is 0 Å². The number of fused-ring (bicyclic) bond motifs is 1. The van der Waals surface area contributed by atoms with Crippen LogP contribution in [0.25, 0.3) is 0 Å². The molecule has 27 heavy (non-hydrogen) atoms. The van der Waals surface area contributed by atoms with Crippen LogP contribution in [-0.2, 0) is 19.1 Å². The maximum Gasteiger partial charge on any atom is 0.421 e. The number of alkyl halides is 3. The zero-order chi connectivity index (χ0) is 19.0. The molecular weight excluding hydrogens is 363 g/mol. The van der Waals surface area contributed by atoms with Crippen molar-refractivity contribution in [3.8, 4) is 0 Å². The largest absolute Gasteiger partial charge is 0.421 e. The quantitative estimate of drug-likeness (QED) is 0.702. The lowest BCUT2D eigenvalue weighted by molar-refractivity contribution is -0.137. The van der Waals surface area contributed by atoms with Crippen molar-refractivity contribution in [2.45, 2.75) is 32.1 Å². The molecule has 0 aliphatic carbocycles. The fourth-order valence-electron chi connectivity index (χ4n) is 3.02. The van der Waals surface area contributed by atoms with Gasteiger partial charge in [0.15, 0.2) is 0 Å². The van der Waals surface area contributed by atoms with E-state index in [2.05, 4.69) is 35.9 Å². The summed E-state index contributed by atoms with van der Waals surface area (Å²) in [6.45, 7) is 2.62. The highest BCUT2D eigenvalue weighted by Gasteiger charge is 2.35. The SMILES string of the molecule is CCNc1nc(Nc2cnn3c2CC(n2nccn2)C3)ncc1C(F)(F)F. The van der Waals surface area contributed by atoms with Crippen LogP contribution in [-0.4, -0.2) is 41.3 Å². The molecule has 1 unspecified atom stereocenters. The Balaban J connectivity index is 1.57. The summed E-state index contributed by atoms with van der Waals surface area (Å²) in [5, 5.41) is 18.2. The van der Waals surface area contributed by atoms with Crippen LogP contribution in [0.3, 0.4) is 0 Å². The molecule has 0 spiro atoms. The van der Waals surface area contributed by atoms with Crippen LogP contribution in [0.15, 0.2) is 24.8 Å². The number of rotatable bonds is 5. The van der Waals surface area contributed by atoms with E-state index in [-0.39, 0.29) is 17.8 Å². The van der Waals surface area contributed by atoms with E-state index in [9.17, 15) is 13.2 Å². The number of anilines is 3.